The first-order chi connectivity index (χ1) is 9.63. The van der Waals surface area contributed by atoms with Crippen molar-refractivity contribution in [1.82, 2.24) is 9.80 Å². The lowest BCUT2D eigenvalue weighted by Crippen LogP contribution is -2.19. The number of hydrogen-bond acceptors (Lipinski definition) is 4. The van der Waals surface area contributed by atoms with Crippen molar-refractivity contribution in [3.05, 3.63) is 47.9 Å². The third-order valence-electron chi connectivity index (χ3n) is 2.91. The van der Waals surface area contributed by atoms with Crippen LogP contribution in [0.2, 0.25) is 0 Å². The zero-order valence-corrected chi connectivity index (χ0v) is 12.4. The number of hydrogen-bond donors (Lipinski definition) is 0. The minimum absolute atomic E-state index is 0.623. The highest BCUT2D eigenvalue weighted by atomic mass is 16.5. The van der Waals surface area contributed by atoms with Crippen LogP contribution in [0.5, 0.6) is 5.75 Å². The zero-order chi connectivity index (χ0) is 14.4. The fraction of sp³-hybridized carbons (Fsp3) is 0.375. The van der Waals surface area contributed by atoms with E-state index in [2.05, 4.69) is 4.90 Å². The Morgan fingerprint density at radius 1 is 1.25 bits per heavy atom. The van der Waals surface area contributed by atoms with Crippen LogP contribution in [0.4, 0.5) is 0 Å². The van der Waals surface area contributed by atoms with Gasteiger partial charge < -0.3 is 19.3 Å². The molecule has 0 amide bonds. The minimum atomic E-state index is 0.623. The topological polar surface area (TPSA) is 24.9 Å². The molecule has 4 heteroatoms. The largest absolute Gasteiger partial charge is 0.492 e. The molecule has 0 aliphatic carbocycles. The summed E-state index contributed by atoms with van der Waals surface area (Å²) < 4.78 is 11.1. The van der Waals surface area contributed by atoms with Gasteiger partial charge in [-0.25, -0.2) is 0 Å². The van der Waals surface area contributed by atoms with E-state index in [0.717, 1.165) is 23.6 Å². The Labute approximate surface area is 120 Å². The molecule has 0 radical (unpaired) electrons. The molecule has 20 heavy (non-hydrogen) atoms. The average Bonchev–Trinajstić information content (AvgIpc) is 2.83. The van der Waals surface area contributed by atoms with Crippen molar-refractivity contribution >= 4 is 6.08 Å². The summed E-state index contributed by atoms with van der Waals surface area (Å²) >= 11 is 0. The van der Waals surface area contributed by atoms with E-state index in [9.17, 15) is 0 Å². The first-order valence-corrected chi connectivity index (χ1v) is 6.74. The summed E-state index contributed by atoms with van der Waals surface area (Å²) in [7, 11) is 6.06. The number of rotatable bonds is 6. The highest BCUT2D eigenvalue weighted by Crippen LogP contribution is 2.15. The smallest absolute Gasteiger partial charge is 0.161 e. The SMILES string of the molecule is CN(C)CCOc1ccc(/C=C/C2=CN(C)CO2)cc1. The van der Waals surface area contributed by atoms with Gasteiger partial charge in [0.25, 0.3) is 0 Å². The van der Waals surface area contributed by atoms with Gasteiger partial charge >= 0.3 is 0 Å². The van der Waals surface area contributed by atoms with Crippen molar-refractivity contribution in [3.63, 3.8) is 0 Å². The van der Waals surface area contributed by atoms with Crippen molar-refractivity contribution in [2.75, 3.05) is 41.0 Å². The van der Waals surface area contributed by atoms with Crippen LogP contribution in [0.3, 0.4) is 0 Å². The summed E-state index contributed by atoms with van der Waals surface area (Å²) in [5.41, 5.74) is 1.13. The Balaban J connectivity index is 1.85. The summed E-state index contributed by atoms with van der Waals surface area (Å²) in [5.74, 6) is 1.79. The number of allylic oxidation sites excluding steroid dienone is 1. The summed E-state index contributed by atoms with van der Waals surface area (Å²) in [5, 5.41) is 0. The van der Waals surface area contributed by atoms with Crippen molar-refractivity contribution in [2.24, 2.45) is 0 Å². The number of benzene rings is 1. The van der Waals surface area contributed by atoms with Crippen LogP contribution in [-0.4, -0.2) is 50.8 Å². The van der Waals surface area contributed by atoms with Crippen LogP contribution in [-0.2, 0) is 4.74 Å². The van der Waals surface area contributed by atoms with Gasteiger partial charge in [0, 0.05) is 19.8 Å². The molecule has 0 atom stereocenters. The third-order valence-corrected chi connectivity index (χ3v) is 2.91. The van der Waals surface area contributed by atoms with Crippen LogP contribution in [0, 0.1) is 0 Å². The van der Waals surface area contributed by atoms with E-state index < -0.39 is 0 Å². The average molecular weight is 274 g/mol. The molecule has 0 spiro atoms. The molecule has 1 aliphatic heterocycles. The lowest BCUT2D eigenvalue weighted by Gasteiger charge is -2.10. The molecule has 0 aromatic heterocycles. The molecule has 1 heterocycles. The Bertz CT molecular complexity index is 478. The molecule has 108 valence electrons. The summed E-state index contributed by atoms with van der Waals surface area (Å²) in [6.45, 7) is 2.24. The maximum Gasteiger partial charge on any atom is 0.161 e. The normalized spacial score (nSPS) is 14.8. The summed E-state index contributed by atoms with van der Waals surface area (Å²) in [4.78, 5) is 4.10. The van der Waals surface area contributed by atoms with Gasteiger partial charge in [-0.1, -0.05) is 18.2 Å². The molecule has 0 fully saturated rings. The van der Waals surface area contributed by atoms with E-state index in [-0.39, 0.29) is 0 Å². The second kappa shape index (κ2) is 7.01. The van der Waals surface area contributed by atoms with Gasteiger partial charge in [-0.3, -0.25) is 0 Å². The van der Waals surface area contributed by atoms with Gasteiger partial charge in [0.15, 0.2) is 6.73 Å². The molecule has 0 saturated carbocycles. The highest BCUT2D eigenvalue weighted by Gasteiger charge is 2.05. The second-order valence-corrected chi connectivity index (χ2v) is 5.12. The van der Waals surface area contributed by atoms with E-state index >= 15 is 0 Å². The van der Waals surface area contributed by atoms with Crippen molar-refractivity contribution in [2.45, 2.75) is 0 Å². The maximum absolute atomic E-state index is 5.66. The molecule has 4 nitrogen and oxygen atoms in total. The molecular weight excluding hydrogens is 252 g/mol. The second-order valence-electron chi connectivity index (χ2n) is 5.12. The van der Waals surface area contributed by atoms with Gasteiger partial charge in [-0.15, -0.1) is 0 Å². The lowest BCUT2D eigenvalue weighted by atomic mass is 10.2. The summed E-state index contributed by atoms with van der Waals surface area (Å²) in [6, 6.07) is 8.07. The third kappa shape index (κ3) is 4.63. The first-order valence-electron chi connectivity index (χ1n) is 6.74. The predicted molar refractivity (Wildman–Crippen MR) is 81.3 cm³/mol. The fourth-order valence-electron chi connectivity index (χ4n) is 1.76. The Hall–Kier alpha value is -1.94. The number of likely N-dealkylation sites (N-methyl/N-ethyl adjacent to an activating group) is 1. The lowest BCUT2D eigenvalue weighted by molar-refractivity contribution is 0.177. The Morgan fingerprint density at radius 3 is 2.60 bits per heavy atom. The molecule has 0 bridgehead atoms. The van der Waals surface area contributed by atoms with E-state index in [1.54, 1.807) is 0 Å². The quantitative estimate of drug-likeness (QED) is 0.795. The maximum atomic E-state index is 5.66. The van der Waals surface area contributed by atoms with Gasteiger partial charge in [0.1, 0.15) is 18.1 Å². The van der Waals surface area contributed by atoms with E-state index in [0.29, 0.717) is 13.3 Å². The van der Waals surface area contributed by atoms with Gasteiger partial charge in [0.2, 0.25) is 0 Å². The van der Waals surface area contributed by atoms with Crippen LogP contribution < -0.4 is 4.74 Å². The van der Waals surface area contributed by atoms with Gasteiger partial charge in [-0.2, -0.15) is 0 Å². The van der Waals surface area contributed by atoms with Gasteiger partial charge in [-0.05, 0) is 37.9 Å². The van der Waals surface area contributed by atoms with Crippen LogP contribution >= 0.6 is 0 Å². The summed E-state index contributed by atoms with van der Waals surface area (Å²) in [6.07, 6.45) is 6.00. The van der Waals surface area contributed by atoms with E-state index in [1.165, 1.54) is 0 Å². The van der Waals surface area contributed by atoms with Crippen LogP contribution in [0.25, 0.3) is 6.08 Å². The van der Waals surface area contributed by atoms with Gasteiger partial charge in [0.05, 0.1) is 0 Å². The minimum Gasteiger partial charge on any atom is -0.492 e. The standard InChI is InChI=1S/C16H22N2O2/c1-17(2)10-11-19-15-7-4-14(5-8-15)6-9-16-12-18(3)13-20-16/h4-9,12H,10-11,13H2,1-3H3/b9-6+. The first kappa shape index (κ1) is 14.5. The molecule has 1 aliphatic rings. The van der Waals surface area contributed by atoms with E-state index in [4.69, 9.17) is 9.47 Å². The predicted octanol–water partition coefficient (Wildman–Crippen LogP) is 2.40. The van der Waals surface area contributed by atoms with Crippen molar-refractivity contribution < 1.29 is 9.47 Å². The zero-order valence-electron chi connectivity index (χ0n) is 12.4. The Morgan fingerprint density at radius 2 is 2.00 bits per heavy atom. The monoisotopic (exact) mass is 274 g/mol. The molecule has 2 rings (SSSR count). The molecule has 0 N–H and O–H groups in total. The Kier molecular flexibility index (Phi) is 5.07. The van der Waals surface area contributed by atoms with E-state index in [1.807, 2.05) is 68.7 Å². The van der Waals surface area contributed by atoms with Crippen LogP contribution in [0.15, 0.2) is 42.3 Å². The van der Waals surface area contributed by atoms with Crippen LogP contribution in [0.1, 0.15) is 5.56 Å². The number of ether oxygens (including phenoxy) is 2. The highest BCUT2D eigenvalue weighted by molar-refractivity contribution is 5.53. The number of nitrogens with zero attached hydrogens (tertiary/aromatic N) is 2. The molecule has 1 aromatic carbocycles. The van der Waals surface area contributed by atoms with Crippen molar-refractivity contribution in [3.8, 4) is 5.75 Å². The fourth-order valence-corrected chi connectivity index (χ4v) is 1.76. The molecule has 1 aromatic rings. The molecule has 0 unspecified atom stereocenters. The molecular formula is C16H22N2O2. The van der Waals surface area contributed by atoms with Crippen molar-refractivity contribution in [1.29, 1.82) is 0 Å². The molecule has 0 saturated heterocycles.